The molecule has 1 aromatic carbocycles. The summed E-state index contributed by atoms with van der Waals surface area (Å²) in [7, 11) is -0.455. The molecule has 0 aromatic heterocycles. The Kier molecular flexibility index (Phi) is 4.52. The molecule has 7 heteroatoms. The van der Waals surface area contributed by atoms with Crippen LogP contribution in [0.2, 0.25) is 0 Å². The van der Waals surface area contributed by atoms with Gasteiger partial charge in [-0.1, -0.05) is 0 Å². The fourth-order valence-electron chi connectivity index (χ4n) is 2.47. The van der Waals surface area contributed by atoms with Gasteiger partial charge in [-0.15, -0.1) is 0 Å². The number of piperidine rings is 1. The van der Waals surface area contributed by atoms with Crippen molar-refractivity contribution in [2.24, 2.45) is 0 Å². The molecule has 0 saturated carbocycles. The lowest BCUT2D eigenvalue weighted by Gasteiger charge is -2.34. The topological polar surface area (TPSA) is 84.7 Å². The number of hydrogen-bond acceptors (Lipinski definition) is 5. The van der Waals surface area contributed by atoms with Crippen molar-refractivity contribution in [3.8, 4) is 0 Å². The molecule has 112 valence electrons. The first-order valence-corrected chi connectivity index (χ1v) is 8.07. The molecule has 6 nitrogen and oxygen atoms in total. The second kappa shape index (κ2) is 5.99. The minimum absolute atomic E-state index is 0.131. The maximum absolute atomic E-state index is 12.1. The molecule has 20 heavy (non-hydrogen) atoms. The van der Waals surface area contributed by atoms with E-state index in [1.807, 2.05) is 4.90 Å². The molecule has 1 fully saturated rings. The van der Waals surface area contributed by atoms with Gasteiger partial charge in [0.05, 0.1) is 11.8 Å². The van der Waals surface area contributed by atoms with Crippen molar-refractivity contribution in [3.05, 3.63) is 18.2 Å². The molecule has 1 atom stereocenters. The van der Waals surface area contributed by atoms with Gasteiger partial charge in [-0.05, 0) is 38.1 Å². The van der Waals surface area contributed by atoms with E-state index in [1.54, 1.807) is 19.2 Å². The zero-order chi connectivity index (χ0) is 14.8. The van der Waals surface area contributed by atoms with Gasteiger partial charge in [-0.2, -0.15) is 0 Å². The number of nitrogen functional groups attached to an aromatic ring is 1. The highest BCUT2D eigenvalue weighted by molar-refractivity contribution is 7.89. The average Bonchev–Trinajstić information content (AvgIpc) is 2.47. The molecule has 1 saturated heterocycles. The first-order chi connectivity index (χ1) is 9.47. The molecule has 0 amide bonds. The minimum Gasteiger partial charge on any atom is -0.399 e. The fraction of sp³-hybridized carbons (Fsp3) is 0.538. The molecule has 2 rings (SSSR count). The second-order valence-electron chi connectivity index (χ2n) is 4.88. The normalized spacial score (nSPS) is 20.1. The smallest absolute Gasteiger partial charge is 0.242 e. The Morgan fingerprint density at radius 3 is 2.85 bits per heavy atom. The molecular weight excluding hydrogens is 278 g/mol. The van der Waals surface area contributed by atoms with Gasteiger partial charge in [-0.25, -0.2) is 13.1 Å². The summed E-state index contributed by atoms with van der Waals surface area (Å²) >= 11 is 0. The summed E-state index contributed by atoms with van der Waals surface area (Å²) in [5.41, 5.74) is 6.84. The Morgan fingerprint density at radius 1 is 1.45 bits per heavy atom. The summed E-state index contributed by atoms with van der Waals surface area (Å²) in [5, 5.41) is 0. The summed E-state index contributed by atoms with van der Waals surface area (Å²) in [6.45, 7) is 1.50. The van der Waals surface area contributed by atoms with Crippen LogP contribution in [0.5, 0.6) is 0 Å². The van der Waals surface area contributed by atoms with Crippen LogP contribution >= 0.6 is 0 Å². The van der Waals surface area contributed by atoms with E-state index >= 15 is 0 Å². The Morgan fingerprint density at radius 2 is 2.20 bits per heavy atom. The van der Waals surface area contributed by atoms with Gasteiger partial charge in [0, 0.05) is 25.9 Å². The lowest BCUT2D eigenvalue weighted by atomic mass is 10.1. The number of nitrogens with one attached hydrogen (secondary N) is 1. The van der Waals surface area contributed by atoms with Gasteiger partial charge in [0.2, 0.25) is 10.0 Å². The van der Waals surface area contributed by atoms with E-state index in [0.717, 1.165) is 19.4 Å². The third-order valence-electron chi connectivity index (χ3n) is 3.59. The zero-order valence-electron chi connectivity index (χ0n) is 11.8. The predicted octanol–water partition coefficient (Wildman–Crippen LogP) is 0.792. The summed E-state index contributed by atoms with van der Waals surface area (Å²) in [6.07, 6.45) is 2.10. The molecular formula is C13H21N3O3S. The zero-order valence-corrected chi connectivity index (χ0v) is 12.6. The second-order valence-corrected chi connectivity index (χ2v) is 6.74. The third kappa shape index (κ3) is 3.05. The van der Waals surface area contributed by atoms with Gasteiger partial charge < -0.3 is 15.4 Å². The molecule has 0 radical (unpaired) electrons. The summed E-state index contributed by atoms with van der Waals surface area (Å²) in [4.78, 5) is 2.26. The van der Waals surface area contributed by atoms with Crippen molar-refractivity contribution in [2.75, 3.05) is 37.9 Å². The highest BCUT2D eigenvalue weighted by Crippen LogP contribution is 2.30. The highest BCUT2D eigenvalue weighted by Gasteiger charge is 2.25. The monoisotopic (exact) mass is 299 g/mol. The Hall–Kier alpha value is -1.31. The number of ether oxygens (including phenoxy) is 1. The molecule has 1 unspecified atom stereocenters. The van der Waals surface area contributed by atoms with Crippen LogP contribution in [0.3, 0.4) is 0 Å². The van der Waals surface area contributed by atoms with Crippen LogP contribution in [0.15, 0.2) is 23.1 Å². The summed E-state index contributed by atoms with van der Waals surface area (Å²) in [5.74, 6) is 0. The van der Waals surface area contributed by atoms with Crippen molar-refractivity contribution in [3.63, 3.8) is 0 Å². The molecule has 0 bridgehead atoms. The molecule has 1 aliphatic rings. The van der Waals surface area contributed by atoms with E-state index in [2.05, 4.69) is 4.72 Å². The Balaban J connectivity index is 2.41. The van der Waals surface area contributed by atoms with Gasteiger partial charge in [-0.3, -0.25) is 0 Å². The molecule has 1 aromatic rings. The number of sulfonamides is 1. The lowest BCUT2D eigenvalue weighted by Crippen LogP contribution is -2.40. The quantitative estimate of drug-likeness (QED) is 0.803. The minimum atomic E-state index is -3.54. The molecule has 0 aliphatic carbocycles. The van der Waals surface area contributed by atoms with Crippen LogP contribution in [-0.4, -0.2) is 41.8 Å². The molecule has 1 aliphatic heterocycles. The average molecular weight is 299 g/mol. The summed E-state index contributed by atoms with van der Waals surface area (Å²) < 4.78 is 32.0. The maximum atomic E-state index is 12.1. The van der Waals surface area contributed by atoms with Crippen LogP contribution in [0, 0.1) is 0 Å². The van der Waals surface area contributed by atoms with Crippen LogP contribution in [0.25, 0.3) is 0 Å². The van der Waals surface area contributed by atoms with Crippen molar-refractivity contribution in [1.29, 1.82) is 0 Å². The van der Waals surface area contributed by atoms with E-state index in [9.17, 15) is 8.42 Å². The number of benzene rings is 1. The first-order valence-electron chi connectivity index (χ1n) is 6.58. The van der Waals surface area contributed by atoms with Gasteiger partial charge in [0.15, 0.2) is 0 Å². The van der Waals surface area contributed by atoms with Crippen molar-refractivity contribution in [1.82, 2.24) is 4.72 Å². The third-order valence-corrected chi connectivity index (χ3v) is 5.04. The Bertz CT molecular complexity index is 574. The largest absolute Gasteiger partial charge is 0.399 e. The van der Waals surface area contributed by atoms with Gasteiger partial charge in [0.25, 0.3) is 0 Å². The number of nitrogens with zero attached hydrogens (tertiary/aromatic N) is 1. The standard InChI is InChI=1S/C13H21N3O3S/c1-15-20(17,18)13-8-10(14)5-6-12(13)16-7-3-4-11(9-16)19-2/h5-6,8,11,15H,3-4,7,9,14H2,1-2H3. The fourth-order valence-corrected chi connectivity index (χ4v) is 3.45. The van der Waals surface area contributed by atoms with Gasteiger partial charge in [0.1, 0.15) is 4.90 Å². The van der Waals surface area contributed by atoms with Gasteiger partial charge >= 0.3 is 0 Å². The van der Waals surface area contributed by atoms with E-state index in [0.29, 0.717) is 17.9 Å². The number of nitrogens with two attached hydrogens (primary N) is 1. The number of anilines is 2. The van der Waals surface area contributed by atoms with E-state index in [4.69, 9.17) is 10.5 Å². The molecule has 3 N–H and O–H groups in total. The van der Waals surface area contributed by atoms with Crippen molar-refractivity contribution < 1.29 is 13.2 Å². The number of hydrogen-bond donors (Lipinski definition) is 2. The number of rotatable bonds is 4. The van der Waals surface area contributed by atoms with E-state index in [-0.39, 0.29) is 11.0 Å². The van der Waals surface area contributed by atoms with Crippen molar-refractivity contribution >= 4 is 21.4 Å². The van der Waals surface area contributed by atoms with Crippen LogP contribution in [0.4, 0.5) is 11.4 Å². The van der Waals surface area contributed by atoms with Crippen LogP contribution in [-0.2, 0) is 14.8 Å². The van der Waals surface area contributed by atoms with Crippen LogP contribution < -0.4 is 15.4 Å². The first kappa shape index (κ1) is 15.1. The lowest BCUT2D eigenvalue weighted by molar-refractivity contribution is 0.0892. The molecule has 0 spiro atoms. The molecule has 1 heterocycles. The highest BCUT2D eigenvalue weighted by atomic mass is 32.2. The predicted molar refractivity (Wildman–Crippen MR) is 79.3 cm³/mol. The number of methoxy groups -OCH3 is 1. The van der Waals surface area contributed by atoms with Crippen molar-refractivity contribution in [2.45, 2.75) is 23.8 Å². The van der Waals surface area contributed by atoms with Crippen LogP contribution in [0.1, 0.15) is 12.8 Å². The van der Waals surface area contributed by atoms with E-state index in [1.165, 1.54) is 13.1 Å². The maximum Gasteiger partial charge on any atom is 0.242 e. The van der Waals surface area contributed by atoms with E-state index < -0.39 is 10.0 Å². The summed E-state index contributed by atoms with van der Waals surface area (Å²) in [6, 6.07) is 4.98. The Labute approximate surface area is 120 Å². The SMILES string of the molecule is CNS(=O)(=O)c1cc(N)ccc1N1CCCC(OC)C1.